The summed E-state index contributed by atoms with van der Waals surface area (Å²) >= 11 is 5.80. The molecule has 0 unspecified atom stereocenters. The highest BCUT2D eigenvalue weighted by molar-refractivity contribution is 6.30. The molecule has 1 heterocycles. The number of nitrogens with one attached hydrogen (secondary N) is 1. The smallest absolute Gasteiger partial charge is 0.410 e. The Morgan fingerprint density at radius 1 is 1.38 bits per heavy atom. The molecule has 0 aliphatic carbocycles. The second kappa shape index (κ2) is 10.2. The SMILES string of the molecule is COCC(=O)NC[C@@H]1CN(C(=O)OC(C)(C)C)CCO[C@H]1c1ccc(Cl)c(F)c1. The van der Waals surface area contributed by atoms with Gasteiger partial charge in [-0.1, -0.05) is 17.7 Å². The van der Waals surface area contributed by atoms with Crippen molar-refractivity contribution in [3.8, 4) is 0 Å². The minimum absolute atomic E-state index is 0.0164. The predicted octanol–water partition coefficient (Wildman–Crippen LogP) is 3.17. The van der Waals surface area contributed by atoms with Crippen LogP contribution in [0, 0.1) is 11.7 Å². The predicted molar refractivity (Wildman–Crippen MR) is 106 cm³/mol. The molecule has 0 aromatic heterocycles. The normalized spacial score (nSPS) is 20.1. The number of carbonyl (C=O) groups is 2. The summed E-state index contributed by atoms with van der Waals surface area (Å²) in [5.74, 6) is -1.17. The van der Waals surface area contributed by atoms with Crippen LogP contribution < -0.4 is 5.32 Å². The van der Waals surface area contributed by atoms with Gasteiger partial charge in [0.05, 0.1) is 17.7 Å². The number of carbonyl (C=O) groups excluding carboxylic acids is 2. The fraction of sp³-hybridized carbons (Fsp3) is 0.600. The maximum atomic E-state index is 14.0. The van der Waals surface area contributed by atoms with Gasteiger partial charge in [0.2, 0.25) is 5.91 Å². The topological polar surface area (TPSA) is 77.1 Å². The van der Waals surface area contributed by atoms with E-state index in [0.717, 1.165) is 0 Å². The van der Waals surface area contributed by atoms with E-state index in [2.05, 4.69) is 5.32 Å². The molecule has 1 fully saturated rings. The average Bonchev–Trinajstić information content (AvgIpc) is 2.84. The van der Waals surface area contributed by atoms with Crippen LogP contribution in [0.25, 0.3) is 0 Å². The van der Waals surface area contributed by atoms with Crippen molar-refractivity contribution in [2.75, 3.05) is 40.0 Å². The van der Waals surface area contributed by atoms with E-state index in [1.54, 1.807) is 31.7 Å². The Bertz CT molecular complexity index is 725. The van der Waals surface area contributed by atoms with Crippen LogP contribution in [0.1, 0.15) is 32.4 Å². The number of methoxy groups -OCH3 is 1. The van der Waals surface area contributed by atoms with E-state index in [-0.39, 0.29) is 43.2 Å². The Labute approximate surface area is 175 Å². The maximum absolute atomic E-state index is 14.0. The van der Waals surface area contributed by atoms with Gasteiger partial charge >= 0.3 is 6.09 Å². The lowest BCUT2D eigenvalue weighted by atomic mass is 9.95. The van der Waals surface area contributed by atoms with Gasteiger partial charge in [-0.3, -0.25) is 4.79 Å². The van der Waals surface area contributed by atoms with E-state index in [1.165, 1.54) is 19.2 Å². The molecule has 1 aromatic rings. The van der Waals surface area contributed by atoms with Crippen molar-refractivity contribution in [2.45, 2.75) is 32.5 Å². The summed E-state index contributed by atoms with van der Waals surface area (Å²) in [4.78, 5) is 26.0. The van der Waals surface area contributed by atoms with Crippen molar-refractivity contribution < 1.29 is 28.2 Å². The van der Waals surface area contributed by atoms with Gasteiger partial charge in [0, 0.05) is 32.7 Å². The van der Waals surface area contributed by atoms with Crippen LogP contribution >= 0.6 is 11.6 Å². The highest BCUT2D eigenvalue weighted by Crippen LogP contribution is 2.31. The molecule has 0 bridgehead atoms. The Kier molecular flexibility index (Phi) is 8.24. The molecule has 1 aliphatic rings. The minimum Gasteiger partial charge on any atom is -0.444 e. The lowest BCUT2D eigenvalue weighted by Crippen LogP contribution is -2.43. The van der Waals surface area contributed by atoms with Crippen LogP contribution in [0.2, 0.25) is 5.02 Å². The second-order valence-corrected chi connectivity index (χ2v) is 8.30. The van der Waals surface area contributed by atoms with Gasteiger partial charge in [0.1, 0.15) is 18.0 Å². The number of benzene rings is 1. The van der Waals surface area contributed by atoms with Gasteiger partial charge < -0.3 is 24.4 Å². The quantitative estimate of drug-likeness (QED) is 0.776. The fourth-order valence-corrected chi connectivity index (χ4v) is 3.16. The van der Waals surface area contributed by atoms with E-state index >= 15 is 0 Å². The van der Waals surface area contributed by atoms with Gasteiger partial charge in [0.15, 0.2) is 0 Å². The molecule has 162 valence electrons. The molecule has 2 atom stereocenters. The third kappa shape index (κ3) is 7.13. The molecule has 1 aliphatic heterocycles. The molecular formula is C20H28ClFN2O5. The molecule has 1 aromatic carbocycles. The molecular weight excluding hydrogens is 403 g/mol. The summed E-state index contributed by atoms with van der Waals surface area (Å²) in [6.07, 6.45) is -0.991. The van der Waals surface area contributed by atoms with Gasteiger partial charge in [0.25, 0.3) is 0 Å². The van der Waals surface area contributed by atoms with Crippen molar-refractivity contribution in [2.24, 2.45) is 5.92 Å². The number of nitrogens with zero attached hydrogens (tertiary/aromatic N) is 1. The molecule has 9 heteroatoms. The summed E-state index contributed by atoms with van der Waals surface area (Å²) in [6.45, 7) is 6.36. The molecule has 1 N–H and O–H groups in total. The molecule has 7 nitrogen and oxygen atoms in total. The van der Waals surface area contributed by atoms with Crippen LogP contribution in [-0.2, 0) is 19.0 Å². The van der Waals surface area contributed by atoms with Crippen LogP contribution in [-0.4, -0.2) is 62.5 Å². The van der Waals surface area contributed by atoms with Crippen LogP contribution in [0.3, 0.4) is 0 Å². The first-order valence-corrected chi connectivity index (χ1v) is 9.78. The first kappa shape index (κ1) is 23.4. The zero-order chi connectivity index (χ0) is 21.6. The summed E-state index contributed by atoms with van der Waals surface area (Å²) < 4.78 is 30.3. The second-order valence-electron chi connectivity index (χ2n) is 7.89. The Hall–Kier alpha value is -1.90. The van der Waals surface area contributed by atoms with Crippen LogP contribution in [0.4, 0.5) is 9.18 Å². The Morgan fingerprint density at radius 2 is 2.10 bits per heavy atom. The lowest BCUT2D eigenvalue weighted by Gasteiger charge is -2.30. The molecule has 29 heavy (non-hydrogen) atoms. The zero-order valence-corrected chi connectivity index (χ0v) is 17.9. The monoisotopic (exact) mass is 430 g/mol. The first-order chi connectivity index (χ1) is 13.6. The van der Waals surface area contributed by atoms with Crippen LogP contribution in [0.5, 0.6) is 0 Å². The third-order valence-corrected chi connectivity index (χ3v) is 4.61. The molecule has 1 saturated heterocycles. The standard InChI is InChI=1S/C20H28ClFN2O5/c1-20(2,3)29-19(26)24-7-8-28-18(13-5-6-15(21)16(22)9-13)14(11-24)10-23-17(25)12-27-4/h5-6,9,14,18H,7-8,10-12H2,1-4H3,(H,23,25)/t14-,18+/m1/s1. The highest BCUT2D eigenvalue weighted by Gasteiger charge is 2.33. The maximum Gasteiger partial charge on any atom is 0.410 e. The zero-order valence-electron chi connectivity index (χ0n) is 17.2. The number of hydrogen-bond donors (Lipinski definition) is 1. The number of hydrogen-bond acceptors (Lipinski definition) is 5. The van der Waals surface area contributed by atoms with E-state index in [0.29, 0.717) is 12.1 Å². The molecule has 0 spiro atoms. The largest absolute Gasteiger partial charge is 0.444 e. The van der Waals surface area contributed by atoms with E-state index < -0.39 is 23.6 Å². The number of rotatable bonds is 5. The van der Waals surface area contributed by atoms with Crippen molar-refractivity contribution in [1.29, 1.82) is 0 Å². The van der Waals surface area contributed by atoms with Crippen molar-refractivity contribution in [3.63, 3.8) is 0 Å². The lowest BCUT2D eigenvalue weighted by molar-refractivity contribution is -0.125. The van der Waals surface area contributed by atoms with Crippen molar-refractivity contribution in [3.05, 3.63) is 34.6 Å². The van der Waals surface area contributed by atoms with E-state index in [4.69, 9.17) is 25.8 Å². The molecule has 2 amide bonds. The van der Waals surface area contributed by atoms with Crippen LogP contribution in [0.15, 0.2) is 18.2 Å². The summed E-state index contributed by atoms with van der Waals surface area (Å²) in [5, 5.41) is 2.79. The van der Waals surface area contributed by atoms with Gasteiger partial charge in [-0.15, -0.1) is 0 Å². The van der Waals surface area contributed by atoms with E-state index in [9.17, 15) is 14.0 Å². The highest BCUT2D eigenvalue weighted by atomic mass is 35.5. The summed E-state index contributed by atoms with van der Waals surface area (Å²) in [7, 11) is 1.43. The number of ether oxygens (including phenoxy) is 3. The molecule has 0 saturated carbocycles. The van der Waals surface area contributed by atoms with Gasteiger partial charge in [-0.05, 0) is 38.5 Å². The van der Waals surface area contributed by atoms with Gasteiger partial charge in [-0.25, -0.2) is 9.18 Å². The average molecular weight is 431 g/mol. The molecule has 2 rings (SSSR count). The fourth-order valence-electron chi connectivity index (χ4n) is 3.04. The number of amides is 2. The first-order valence-electron chi connectivity index (χ1n) is 9.41. The minimum atomic E-state index is -0.634. The summed E-state index contributed by atoms with van der Waals surface area (Å²) in [6, 6.07) is 4.47. The van der Waals surface area contributed by atoms with Crippen molar-refractivity contribution in [1.82, 2.24) is 10.2 Å². The molecule has 0 radical (unpaired) electrons. The van der Waals surface area contributed by atoms with Gasteiger partial charge in [-0.2, -0.15) is 0 Å². The third-order valence-electron chi connectivity index (χ3n) is 4.30. The van der Waals surface area contributed by atoms with E-state index in [1.807, 2.05) is 0 Å². The summed E-state index contributed by atoms with van der Waals surface area (Å²) in [5.41, 5.74) is -0.0468. The van der Waals surface area contributed by atoms with Crippen molar-refractivity contribution >= 4 is 23.6 Å². The Balaban J connectivity index is 2.22. The Morgan fingerprint density at radius 3 is 2.72 bits per heavy atom. The number of halogens is 2.